The van der Waals surface area contributed by atoms with Gasteiger partial charge in [0.15, 0.2) is 11.5 Å². The van der Waals surface area contributed by atoms with Crippen LogP contribution in [0.1, 0.15) is 32.3 Å². The normalized spacial score (nSPS) is 11.9. The molecule has 1 N–H and O–H groups in total. The summed E-state index contributed by atoms with van der Waals surface area (Å²) in [6.07, 6.45) is 2.09. The number of carbonyl (C=O) groups is 2. The number of carbonyl (C=O) groups excluding carboxylic acids is 2. The first-order valence-corrected chi connectivity index (χ1v) is 13.8. The van der Waals surface area contributed by atoms with E-state index in [1.165, 1.54) is 31.3 Å². The zero-order chi connectivity index (χ0) is 26.9. The summed E-state index contributed by atoms with van der Waals surface area (Å²) in [5.74, 6) is -0.125. The Labute approximate surface area is 218 Å². The number of nitrogens with one attached hydrogen (secondary N) is 1. The quantitative estimate of drug-likeness (QED) is 0.418. The van der Waals surface area contributed by atoms with Gasteiger partial charge in [-0.1, -0.05) is 43.6 Å². The average molecular weight is 540 g/mol. The molecule has 0 saturated heterocycles. The molecule has 2 rings (SSSR count). The zero-order valence-electron chi connectivity index (χ0n) is 21.3. The summed E-state index contributed by atoms with van der Waals surface area (Å²) in [7, 11) is -0.973. The summed E-state index contributed by atoms with van der Waals surface area (Å²) >= 11 is 6.35. The van der Waals surface area contributed by atoms with E-state index in [0.717, 1.165) is 17.0 Å². The SMILES string of the molecule is CCCNC(=O)[C@@H](CC)N(Cc1ccccc1Cl)C(=O)CN(c1ccc(OC)c(OC)c1)S(C)(=O)=O. The molecule has 2 aromatic rings. The molecule has 2 amide bonds. The lowest BCUT2D eigenvalue weighted by molar-refractivity contribution is -0.140. The Kier molecular flexibility index (Phi) is 10.9. The standard InChI is InChI=1S/C25H34ClN3O6S/c1-6-14-27-25(31)21(7-2)28(16-18-10-8-9-11-20(18)26)24(30)17-29(36(5,32)33)19-12-13-22(34-3)23(15-19)35-4/h8-13,15,21H,6-7,14,16-17H2,1-5H3,(H,27,31)/t21-/m1/s1. The van der Waals surface area contributed by atoms with E-state index in [2.05, 4.69) is 5.32 Å². The Morgan fingerprint density at radius 1 is 1.06 bits per heavy atom. The number of benzene rings is 2. The van der Waals surface area contributed by atoms with Crippen LogP contribution in [0.3, 0.4) is 0 Å². The number of hydrogen-bond donors (Lipinski definition) is 1. The van der Waals surface area contributed by atoms with Crippen molar-refractivity contribution >= 4 is 39.1 Å². The molecule has 0 saturated carbocycles. The predicted molar refractivity (Wildman–Crippen MR) is 141 cm³/mol. The molecule has 0 spiro atoms. The minimum Gasteiger partial charge on any atom is -0.493 e. The van der Waals surface area contributed by atoms with Crippen LogP contribution in [0.2, 0.25) is 5.02 Å². The van der Waals surface area contributed by atoms with Crippen LogP contribution in [0, 0.1) is 0 Å². The Hall–Kier alpha value is -2.98. The summed E-state index contributed by atoms with van der Waals surface area (Å²) in [5.41, 5.74) is 0.871. The Morgan fingerprint density at radius 2 is 1.72 bits per heavy atom. The maximum Gasteiger partial charge on any atom is 0.244 e. The van der Waals surface area contributed by atoms with E-state index in [0.29, 0.717) is 35.1 Å². The van der Waals surface area contributed by atoms with Crippen LogP contribution in [-0.2, 0) is 26.2 Å². The Bertz CT molecular complexity index is 1160. The van der Waals surface area contributed by atoms with Crippen LogP contribution in [-0.4, -0.2) is 64.7 Å². The topological polar surface area (TPSA) is 105 Å². The van der Waals surface area contributed by atoms with E-state index in [1.54, 1.807) is 37.3 Å². The Balaban J connectivity index is 2.48. The van der Waals surface area contributed by atoms with Gasteiger partial charge in [-0.25, -0.2) is 8.42 Å². The van der Waals surface area contributed by atoms with Crippen molar-refractivity contribution in [3.05, 3.63) is 53.1 Å². The van der Waals surface area contributed by atoms with Gasteiger partial charge < -0.3 is 19.7 Å². The predicted octanol–water partition coefficient (Wildman–Crippen LogP) is 3.46. The van der Waals surface area contributed by atoms with Gasteiger partial charge in [0.05, 0.1) is 26.2 Å². The van der Waals surface area contributed by atoms with Gasteiger partial charge in [-0.2, -0.15) is 0 Å². The summed E-state index contributed by atoms with van der Waals surface area (Å²) in [6, 6.07) is 10.8. The van der Waals surface area contributed by atoms with Gasteiger partial charge in [0, 0.05) is 24.2 Å². The lowest BCUT2D eigenvalue weighted by atomic mass is 10.1. The van der Waals surface area contributed by atoms with E-state index < -0.39 is 28.5 Å². The van der Waals surface area contributed by atoms with E-state index in [-0.39, 0.29) is 18.1 Å². The molecule has 1 atom stereocenters. The number of halogens is 1. The Morgan fingerprint density at radius 3 is 2.28 bits per heavy atom. The van der Waals surface area contributed by atoms with Crippen LogP contribution in [0.4, 0.5) is 5.69 Å². The van der Waals surface area contributed by atoms with Crippen molar-refractivity contribution in [1.29, 1.82) is 0 Å². The fourth-order valence-electron chi connectivity index (χ4n) is 3.69. The van der Waals surface area contributed by atoms with Crippen molar-refractivity contribution in [2.75, 3.05) is 37.9 Å². The molecular weight excluding hydrogens is 506 g/mol. The van der Waals surface area contributed by atoms with Crippen LogP contribution < -0.4 is 19.1 Å². The second-order valence-corrected chi connectivity index (χ2v) is 10.5. The summed E-state index contributed by atoms with van der Waals surface area (Å²) in [5, 5.41) is 3.28. The minimum absolute atomic E-state index is 0.0418. The smallest absolute Gasteiger partial charge is 0.244 e. The van der Waals surface area contributed by atoms with Gasteiger partial charge in [0.2, 0.25) is 21.8 Å². The van der Waals surface area contributed by atoms with E-state index in [1.807, 2.05) is 6.92 Å². The molecule has 198 valence electrons. The number of rotatable bonds is 13. The van der Waals surface area contributed by atoms with E-state index >= 15 is 0 Å². The molecular formula is C25H34ClN3O6S. The molecule has 11 heteroatoms. The zero-order valence-corrected chi connectivity index (χ0v) is 22.9. The number of methoxy groups -OCH3 is 2. The summed E-state index contributed by atoms with van der Waals surface area (Å²) in [4.78, 5) is 28.0. The van der Waals surface area contributed by atoms with Crippen molar-refractivity contribution in [1.82, 2.24) is 10.2 Å². The largest absolute Gasteiger partial charge is 0.493 e. The van der Waals surface area contributed by atoms with Crippen molar-refractivity contribution in [3.8, 4) is 11.5 Å². The first-order valence-electron chi connectivity index (χ1n) is 11.6. The van der Waals surface area contributed by atoms with Crippen molar-refractivity contribution < 1.29 is 27.5 Å². The third-order valence-corrected chi connectivity index (χ3v) is 7.08. The van der Waals surface area contributed by atoms with Gasteiger partial charge in [-0.05, 0) is 36.6 Å². The van der Waals surface area contributed by atoms with Crippen LogP contribution in [0.15, 0.2) is 42.5 Å². The highest BCUT2D eigenvalue weighted by molar-refractivity contribution is 7.92. The number of ether oxygens (including phenoxy) is 2. The number of anilines is 1. The summed E-state index contributed by atoms with van der Waals surface area (Å²) < 4.78 is 37.0. The van der Waals surface area contributed by atoms with Gasteiger partial charge in [-0.15, -0.1) is 0 Å². The molecule has 0 aliphatic heterocycles. The third kappa shape index (κ3) is 7.51. The molecule has 0 heterocycles. The average Bonchev–Trinajstić information content (AvgIpc) is 2.85. The molecule has 0 unspecified atom stereocenters. The third-order valence-electron chi connectivity index (χ3n) is 5.57. The summed E-state index contributed by atoms with van der Waals surface area (Å²) in [6.45, 7) is 3.72. The highest BCUT2D eigenvalue weighted by Gasteiger charge is 2.32. The molecule has 0 aliphatic carbocycles. The number of hydrogen-bond acceptors (Lipinski definition) is 6. The number of amides is 2. The van der Waals surface area contributed by atoms with Crippen LogP contribution >= 0.6 is 11.6 Å². The lowest BCUT2D eigenvalue weighted by Crippen LogP contribution is -2.52. The monoisotopic (exact) mass is 539 g/mol. The molecule has 9 nitrogen and oxygen atoms in total. The second kappa shape index (κ2) is 13.4. The molecule has 0 radical (unpaired) electrons. The maximum atomic E-state index is 13.7. The van der Waals surface area contributed by atoms with Gasteiger partial charge in [0.25, 0.3) is 0 Å². The van der Waals surface area contributed by atoms with Gasteiger partial charge in [0.1, 0.15) is 12.6 Å². The van der Waals surface area contributed by atoms with E-state index in [9.17, 15) is 18.0 Å². The lowest BCUT2D eigenvalue weighted by Gasteiger charge is -2.33. The van der Waals surface area contributed by atoms with Gasteiger partial charge >= 0.3 is 0 Å². The van der Waals surface area contributed by atoms with Crippen LogP contribution in [0.25, 0.3) is 0 Å². The number of nitrogens with zero attached hydrogens (tertiary/aromatic N) is 2. The molecule has 0 aliphatic rings. The van der Waals surface area contributed by atoms with Crippen molar-refractivity contribution in [2.24, 2.45) is 0 Å². The highest BCUT2D eigenvalue weighted by atomic mass is 35.5. The van der Waals surface area contributed by atoms with Crippen LogP contribution in [0.5, 0.6) is 11.5 Å². The molecule has 0 bridgehead atoms. The van der Waals surface area contributed by atoms with E-state index in [4.69, 9.17) is 21.1 Å². The van der Waals surface area contributed by atoms with Crippen molar-refractivity contribution in [2.45, 2.75) is 39.3 Å². The fourth-order valence-corrected chi connectivity index (χ4v) is 4.73. The minimum atomic E-state index is -3.88. The number of sulfonamides is 1. The second-order valence-electron chi connectivity index (χ2n) is 8.14. The molecule has 36 heavy (non-hydrogen) atoms. The highest BCUT2D eigenvalue weighted by Crippen LogP contribution is 2.32. The fraction of sp³-hybridized carbons (Fsp3) is 0.440. The molecule has 2 aromatic carbocycles. The first kappa shape index (κ1) is 29.3. The van der Waals surface area contributed by atoms with Gasteiger partial charge in [-0.3, -0.25) is 13.9 Å². The first-order chi connectivity index (χ1) is 17.1. The van der Waals surface area contributed by atoms with Crippen molar-refractivity contribution in [3.63, 3.8) is 0 Å². The molecule has 0 aromatic heterocycles. The maximum absolute atomic E-state index is 13.7. The molecule has 0 fully saturated rings.